The Kier molecular flexibility index (Phi) is 5.86. The molecule has 2 amide bonds. The summed E-state index contributed by atoms with van der Waals surface area (Å²) >= 11 is 0. The minimum atomic E-state index is -0.325. The van der Waals surface area contributed by atoms with Crippen molar-refractivity contribution >= 4 is 17.4 Å². The molecule has 0 aliphatic rings. The maximum Gasteiger partial charge on any atom is 0.323 e. The van der Waals surface area contributed by atoms with E-state index in [0.29, 0.717) is 30.4 Å². The Morgan fingerprint density at radius 3 is 2.35 bits per heavy atom. The van der Waals surface area contributed by atoms with Crippen LogP contribution in [0.3, 0.4) is 0 Å². The van der Waals surface area contributed by atoms with Crippen LogP contribution in [-0.4, -0.2) is 19.2 Å². The van der Waals surface area contributed by atoms with Crippen LogP contribution < -0.4 is 20.1 Å². The van der Waals surface area contributed by atoms with Gasteiger partial charge in [-0.3, -0.25) is 0 Å². The molecule has 0 saturated carbocycles. The maximum absolute atomic E-state index is 12.2. The normalized spacial score (nSPS) is 10.0. The van der Waals surface area contributed by atoms with Gasteiger partial charge in [-0.2, -0.15) is 0 Å². The van der Waals surface area contributed by atoms with Crippen molar-refractivity contribution in [2.75, 3.05) is 23.8 Å². The Balaban J connectivity index is 2.15. The third kappa shape index (κ3) is 4.64. The summed E-state index contributed by atoms with van der Waals surface area (Å²) in [5.41, 5.74) is 2.34. The summed E-state index contributed by atoms with van der Waals surface area (Å²) in [6.45, 7) is 6.82. The van der Waals surface area contributed by atoms with Gasteiger partial charge >= 0.3 is 6.03 Å². The zero-order valence-corrected chi connectivity index (χ0v) is 13.7. The first kappa shape index (κ1) is 16.7. The van der Waals surface area contributed by atoms with Gasteiger partial charge in [0, 0.05) is 11.8 Å². The standard InChI is InChI=1S/C18H22N2O3/c1-4-22-14-10-11-17(23-5-2)16(12-14)20-18(21)19-15-9-7-6-8-13(15)3/h6-12H,4-5H2,1-3H3,(H2,19,20,21). The second-order valence-corrected chi connectivity index (χ2v) is 4.92. The van der Waals surface area contributed by atoms with E-state index >= 15 is 0 Å². The van der Waals surface area contributed by atoms with Gasteiger partial charge in [0.1, 0.15) is 11.5 Å². The molecule has 0 unspecified atom stereocenters. The van der Waals surface area contributed by atoms with Crippen LogP contribution in [0.2, 0.25) is 0 Å². The number of ether oxygens (including phenoxy) is 2. The predicted molar refractivity (Wildman–Crippen MR) is 92.6 cm³/mol. The lowest BCUT2D eigenvalue weighted by molar-refractivity contribution is 0.262. The first-order chi connectivity index (χ1) is 11.1. The van der Waals surface area contributed by atoms with E-state index in [1.165, 1.54) is 0 Å². The molecular weight excluding hydrogens is 292 g/mol. The molecular formula is C18H22N2O3. The smallest absolute Gasteiger partial charge is 0.323 e. The van der Waals surface area contributed by atoms with Crippen LogP contribution >= 0.6 is 0 Å². The molecule has 122 valence electrons. The zero-order chi connectivity index (χ0) is 16.7. The van der Waals surface area contributed by atoms with E-state index in [4.69, 9.17) is 9.47 Å². The summed E-state index contributed by atoms with van der Waals surface area (Å²) in [7, 11) is 0. The van der Waals surface area contributed by atoms with E-state index in [1.807, 2.05) is 51.1 Å². The van der Waals surface area contributed by atoms with E-state index in [2.05, 4.69) is 10.6 Å². The molecule has 0 spiro atoms. The average Bonchev–Trinajstić information content (AvgIpc) is 2.52. The van der Waals surface area contributed by atoms with Crippen molar-refractivity contribution in [2.24, 2.45) is 0 Å². The van der Waals surface area contributed by atoms with Crippen LogP contribution in [0.15, 0.2) is 42.5 Å². The quantitative estimate of drug-likeness (QED) is 0.829. The Bertz CT molecular complexity index is 671. The molecule has 2 N–H and O–H groups in total. The van der Waals surface area contributed by atoms with Crippen molar-refractivity contribution < 1.29 is 14.3 Å². The highest BCUT2D eigenvalue weighted by Crippen LogP contribution is 2.29. The number of aryl methyl sites for hydroxylation is 1. The summed E-state index contributed by atoms with van der Waals surface area (Å²) in [4.78, 5) is 12.2. The highest BCUT2D eigenvalue weighted by molar-refractivity contribution is 6.01. The molecule has 0 radical (unpaired) electrons. The van der Waals surface area contributed by atoms with E-state index in [0.717, 1.165) is 11.3 Å². The number of hydrogen-bond donors (Lipinski definition) is 2. The third-order valence-corrected chi connectivity index (χ3v) is 3.20. The number of anilines is 2. The Morgan fingerprint density at radius 1 is 0.957 bits per heavy atom. The number of carbonyl (C=O) groups excluding carboxylic acids is 1. The van der Waals surface area contributed by atoms with Crippen molar-refractivity contribution in [3.05, 3.63) is 48.0 Å². The summed E-state index contributed by atoms with van der Waals surface area (Å²) in [5.74, 6) is 1.29. The molecule has 0 bridgehead atoms. The van der Waals surface area contributed by atoms with E-state index in [-0.39, 0.29) is 6.03 Å². The number of benzene rings is 2. The molecule has 2 aromatic rings. The molecule has 0 saturated heterocycles. The van der Waals surface area contributed by atoms with Crippen molar-refractivity contribution in [2.45, 2.75) is 20.8 Å². The summed E-state index contributed by atoms with van der Waals surface area (Å²) in [6, 6.07) is 12.6. The van der Waals surface area contributed by atoms with Gasteiger partial charge in [-0.1, -0.05) is 18.2 Å². The van der Waals surface area contributed by atoms with Crippen LogP contribution in [0.4, 0.5) is 16.2 Å². The molecule has 0 aliphatic carbocycles. The number of nitrogens with one attached hydrogen (secondary N) is 2. The fourth-order valence-corrected chi connectivity index (χ4v) is 2.13. The lowest BCUT2D eigenvalue weighted by Gasteiger charge is -2.14. The van der Waals surface area contributed by atoms with Gasteiger partial charge in [-0.05, 0) is 44.5 Å². The Morgan fingerprint density at radius 2 is 1.65 bits per heavy atom. The van der Waals surface area contributed by atoms with Gasteiger partial charge in [0.05, 0.1) is 18.9 Å². The summed E-state index contributed by atoms with van der Waals surface area (Å²) in [6.07, 6.45) is 0. The molecule has 2 aromatic carbocycles. The fraction of sp³-hybridized carbons (Fsp3) is 0.278. The number of urea groups is 1. The molecule has 2 rings (SSSR count). The van der Waals surface area contributed by atoms with Gasteiger partial charge in [0.25, 0.3) is 0 Å². The molecule has 23 heavy (non-hydrogen) atoms. The number of para-hydroxylation sites is 1. The molecule has 0 atom stereocenters. The van der Waals surface area contributed by atoms with Gasteiger partial charge in [0.15, 0.2) is 0 Å². The van der Waals surface area contributed by atoms with Crippen LogP contribution in [0, 0.1) is 6.92 Å². The SMILES string of the molecule is CCOc1ccc(OCC)c(NC(=O)Nc2ccccc2C)c1. The minimum Gasteiger partial charge on any atom is -0.494 e. The zero-order valence-electron chi connectivity index (χ0n) is 13.7. The first-order valence-electron chi connectivity index (χ1n) is 7.67. The van der Waals surface area contributed by atoms with E-state index in [9.17, 15) is 4.79 Å². The molecule has 0 heterocycles. The molecule has 0 aliphatic heterocycles. The topological polar surface area (TPSA) is 59.6 Å². The van der Waals surface area contributed by atoms with Crippen molar-refractivity contribution in [3.8, 4) is 11.5 Å². The number of amides is 2. The second kappa shape index (κ2) is 8.08. The van der Waals surface area contributed by atoms with Crippen molar-refractivity contribution in [3.63, 3.8) is 0 Å². The van der Waals surface area contributed by atoms with Crippen LogP contribution in [-0.2, 0) is 0 Å². The first-order valence-corrected chi connectivity index (χ1v) is 7.67. The highest BCUT2D eigenvalue weighted by atomic mass is 16.5. The van der Waals surface area contributed by atoms with E-state index < -0.39 is 0 Å². The summed E-state index contributed by atoms with van der Waals surface area (Å²) < 4.78 is 11.0. The van der Waals surface area contributed by atoms with E-state index in [1.54, 1.807) is 12.1 Å². The van der Waals surface area contributed by atoms with Gasteiger partial charge in [-0.15, -0.1) is 0 Å². The fourth-order valence-electron chi connectivity index (χ4n) is 2.13. The molecule has 0 fully saturated rings. The minimum absolute atomic E-state index is 0.325. The van der Waals surface area contributed by atoms with Crippen molar-refractivity contribution in [1.82, 2.24) is 0 Å². The summed E-state index contributed by atoms with van der Waals surface area (Å²) in [5, 5.41) is 5.65. The van der Waals surface area contributed by atoms with Crippen LogP contribution in [0.25, 0.3) is 0 Å². The van der Waals surface area contributed by atoms with Gasteiger partial charge in [-0.25, -0.2) is 4.79 Å². The average molecular weight is 314 g/mol. The molecule has 0 aromatic heterocycles. The van der Waals surface area contributed by atoms with Gasteiger partial charge in [0.2, 0.25) is 0 Å². The lowest BCUT2D eigenvalue weighted by atomic mass is 10.2. The number of rotatable bonds is 6. The second-order valence-electron chi connectivity index (χ2n) is 4.92. The number of hydrogen-bond acceptors (Lipinski definition) is 3. The highest BCUT2D eigenvalue weighted by Gasteiger charge is 2.10. The predicted octanol–water partition coefficient (Wildman–Crippen LogP) is 4.44. The Hall–Kier alpha value is -2.69. The van der Waals surface area contributed by atoms with Crippen LogP contribution in [0.1, 0.15) is 19.4 Å². The monoisotopic (exact) mass is 314 g/mol. The molecule has 5 heteroatoms. The largest absolute Gasteiger partial charge is 0.494 e. The molecule has 5 nitrogen and oxygen atoms in total. The van der Waals surface area contributed by atoms with Crippen molar-refractivity contribution in [1.29, 1.82) is 0 Å². The third-order valence-electron chi connectivity index (χ3n) is 3.20. The lowest BCUT2D eigenvalue weighted by Crippen LogP contribution is -2.20. The Labute approximate surface area is 136 Å². The van der Waals surface area contributed by atoms with Crippen LogP contribution in [0.5, 0.6) is 11.5 Å². The maximum atomic E-state index is 12.2. The number of carbonyl (C=O) groups is 1. The van der Waals surface area contributed by atoms with Gasteiger partial charge < -0.3 is 20.1 Å².